The lowest BCUT2D eigenvalue weighted by molar-refractivity contribution is -0.136. The zero-order valence-electron chi connectivity index (χ0n) is 24.2. The number of ether oxygens (including phenoxy) is 2. The van der Waals surface area contributed by atoms with Gasteiger partial charge in [-0.1, -0.05) is 85.8 Å². The molecule has 0 heterocycles. The summed E-state index contributed by atoms with van der Waals surface area (Å²) in [7, 11) is 0.931. The molecule has 5 heteroatoms. The molecule has 2 saturated carbocycles. The third kappa shape index (κ3) is 5.32. The van der Waals surface area contributed by atoms with Crippen LogP contribution in [0.5, 0.6) is 0 Å². The Kier molecular flexibility index (Phi) is 9.87. The second-order valence-corrected chi connectivity index (χ2v) is 18.0. The summed E-state index contributed by atoms with van der Waals surface area (Å²) in [4.78, 5) is 27.3. The Morgan fingerprint density at radius 2 is 1.06 bits per heavy atom. The Hall–Kier alpha value is -1.62. The molecule has 0 N–H and O–H groups in total. The fourth-order valence-corrected chi connectivity index (χ4v) is 13.6. The van der Waals surface area contributed by atoms with Crippen molar-refractivity contribution in [2.24, 2.45) is 11.8 Å². The predicted octanol–water partition coefficient (Wildman–Crippen LogP) is 8.24. The third-order valence-electron chi connectivity index (χ3n) is 9.57. The highest BCUT2D eigenvalue weighted by molar-refractivity contribution is 6.88. The van der Waals surface area contributed by atoms with Gasteiger partial charge in [0, 0.05) is 0 Å². The molecule has 0 spiro atoms. The summed E-state index contributed by atoms with van der Waals surface area (Å²) < 4.78 is 10.9. The average molecular weight is 515 g/mol. The van der Waals surface area contributed by atoms with E-state index in [2.05, 4.69) is 47.2 Å². The summed E-state index contributed by atoms with van der Waals surface area (Å²) in [5.74, 6) is -0.0576. The van der Waals surface area contributed by atoms with Gasteiger partial charge >= 0.3 is 11.9 Å². The first-order valence-corrected chi connectivity index (χ1v) is 16.8. The van der Waals surface area contributed by atoms with E-state index in [0.29, 0.717) is 27.8 Å². The van der Waals surface area contributed by atoms with Gasteiger partial charge in [0.25, 0.3) is 0 Å². The Labute approximate surface area is 221 Å². The van der Waals surface area contributed by atoms with E-state index in [1.54, 1.807) is 0 Å². The molecule has 36 heavy (non-hydrogen) atoms. The molecule has 0 radical (unpaired) electrons. The van der Waals surface area contributed by atoms with Gasteiger partial charge < -0.3 is 9.47 Å². The minimum absolute atomic E-state index is 0.208. The van der Waals surface area contributed by atoms with Crippen molar-refractivity contribution in [3.8, 4) is 0 Å². The Morgan fingerprint density at radius 1 is 0.667 bits per heavy atom. The zero-order valence-corrected chi connectivity index (χ0v) is 25.2. The monoisotopic (exact) mass is 514 g/mol. The molecule has 0 bridgehead atoms. The molecule has 0 aliphatic heterocycles. The van der Waals surface area contributed by atoms with Gasteiger partial charge in [-0.05, 0) is 70.9 Å². The molecule has 3 rings (SSSR count). The van der Waals surface area contributed by atoms with Gasteiger partial charge in [0.15, 0.2) is 0 Å². The van der Waals surface area contributed by atoms with E-state index in [9.17, 15) is 9.59 Å². The predicted molar refractivity (Wildman–Crippen MR) is 150 cm³/mol. The van der Waals surface area contributed by atoms with Gasteiger partial charge in [0.2, 0.25) is 0 Å². The molecule has 202 valence electrons. The van der Waals surface area contributed by atoms with Crippen molar-refractivity contribution in [2.45, 2.75) is 122 Å². The van der Waals surface area contributed by atoms with Crippen molar-refractivity contribution < 1.29 is 19.1 Å². The fourth-order valence-electron chi connectivity index (χ4n) is 7.84. The number of hydrogen-bond acceptors (Lipinski definition) is 4. The van der Waals surface area contributed by atoms with Gasteiger partial charge in [-0.3, -0.25) is 0 Å². The fraction of sp³-hybridized carbons (Fsp3) is 0.742. The smallest absolute Gasteiger partial charge is 0.338 e. The van der Waals surface area contributed by atoms with Gasteiger partial charge in [-0.2, -0.15) is 0 Å². The quantitative estimate of drug-likeness (QED) is 0.242. The maximum atomic E-state index is 13.7. The van der Waals surface area contributed by atoms with E-state index in [1.807, 2.05) is 0 Å². The molecule has 3 aliphatic rings. The summed E-state index contributed by atoms with van der Waals surface area (Å²) >= 11 is 0. The number of allylic oxidation sites excluding steroid dienone is 1. The molecule has 0 aromatic carbocycles. The summed E-state index contributed by atoms with van der Waals surface area (Å²) in [6.45, 7) is 14.1. The standard InChI is InChI=1S/C31H50O4Si/c1-20(2)36(21(3)4,22(5)6)19-25-26(23-15-11-9-12-16-23)29(31(33)35-8)27(28(25)30(32)34-7)24-17-13-10-14-18-24/h19-24H,9-18H2,1-8H3/b25-19+. The van der Waals surface area contributed by atoms with E-state index in [0.717, 1.165) is 55.2 Å². The highest BCUT2D eigenvalue weighted by Crippen LogP contribution is 2.53. The lowest BCUT2D eigenvalue weighted by Gasteiger charge is -2.42. The van der Waals surface area contributed by atoms with E-state index in [1.165, 1.54) is 39.9 Å². The molecule has 0 unspecified atom stereocenters. The van der Waals surface area contributed by atoms with Crippen molar-refractivity contribution in [3.05, 3.63) is 33.6 Å². The number of esters is 2. The van der Waals surface area contributed by atoms with E-state index in [-0.39, 0.29) is 23.8 Å². The van der Waals surface area contributed by atoms with E-state index < -0.39 is 8.07 Å². The van der Waals surface area contributed by atoms with Crippen LogP contribution >= 0.6 is 0 Å². The van der Waals surface area contributed by atoms with Crippen LogP contribution in [0.3, 0.4) is 0 Å². The van der Waals surface area contributed by atoms with Gasteiger partial charge in [0.1, 0.15) is 0 Å². The molecule has 0 amide bonds. The SMILES string of the molecule is COC(=O)C1=C(C2CCCCC2)/C(=C\[Si](C(C)C)(C(C)C)C(C)C)C(C(=O)OC)=C1C1CCCCC1. The van der Waals surface area contributed by atoms with E-state index >= 15 is 0 Å². The van der Waals surface area contributed by atoms with Gasteiger partial charge in [-0.15, -0.1) is 0 Å². The molecular formula is C31H50O4Si. The number of rotatable bonds is 8. The molecule has 0 atom stereocenters. The van der Waals surface area contributed by atoms with Crippen LogP contribution in [0.1, 0.15) is 106 Å². The number of methoxy groups -OCH3 is 2. The minimum atomic E-state index is -2.04. The summed E-state index contributed by atoms with van der Waals surface area (Å²) in [6.07, 6.45) is 11.2. The minimum Gasteiger partial charge on any atom is -0.465 e. The maximum Gasteiger partial charge on any atom is 0.338 e. The highest BCUT2D eigenvalue weighted by atomic mass is 28.3. The van der Waals surface area contributed by atoms with Crippen LogP contribution < -0.4 is 0 Å². The second kappa shape index (κ2) is 12.3. The Balaban J connectivity index is 2.43. The first-order chi connectivity index (χ1) is 17.1. The first-order valence-electron chi connectivity index (χ1n) is 14.5. The average Bonchev–Trinajstić information content (AvgIpc) is 3.21. The normalized spacial score (nSPS) is 21.9. The first kappa shape index (κ1) is 28.9. The largest absolute Gasteiger partial charge is 0.465 e. The van der Waals surface area contributed by atoms with Crippen molar-refractivity contribution in [1.82, 2.24) is 0 Å². The van der Waals surface area contributed by atoms with Crippen LogP contribution in [0.2, 0.25) is 16.6 Å². The van der Waals surface area contributed by atoms with Crippen LogP contribution in [0.25, 0.3) is 0 Å². The van der Waals surface area contributed by atoms with Crippen LogP contribution in [0.4, 0.5) is 0 Å². The molecule has 4 nitrogen and oxygen atoms in total. The Morgan fingerprint density at radius 3 is 1.44 bits per heavy atom. The van der Waals surface area contributed by atoms with Crippen LogP contribution in [-0.2, 0) is 19.1 Å². The number of carbonyl (C=O) groups excluding carboxylic acids is 2. The maximum absolute atomic E-state index is 13.7. The van der Waals surface area contributed by atoms with Crippen LogP contribution in [0.15, 0.2) is 33.6 Å². The summed E-state index contributed by atoms with van der Waals surface area (Å²) in [5, 5.41) is 0. The molecule has 2 fully saturated rings. The molecule has 0 saturated heterocycles. The van der Waals surface area contributed by atoms with Crippen molar-refractivity contribution in [2.75, 3.05) is 14.2 Å². The molecule has 0 aromatic heterocycles. The third-order valence-corrected chi connectivity index (χ3v) is 16.4. The molecule has 3 aliphatic carbocycles. The topological polar surface area (TPSA) is 52.6 Å². The van der Waals surface area contributed by atoms with Gasteiger partial charge in [0.05, 0.1) is 33.4 Å². The van der Waals surface area contributed by atoms with Crippen LogP contribution in [0, 0.1) is 11.8 Å². The highest BCUT2D eigenvalue weighted by Gasteiger charge is 2.47. The summed E-state index contributed by atoms with van der Waals surface area (Å²) in [6, 6.07) is 0. The van der Waals surface area contributed by atoms with Crippen molar-refractivity contribution in [3.63, 3.8) is 0 Å². The number of hydrogen-bond donors (Lipinski definition) is 0. The van der Waals surface area contributed by atoms with E-state index in [4.69, 9.17) is 9.47 Å². The lowest BCUT2D eigenvalue weighted by atomic mass is 9.78. The van der Waals surface area contributed by atoms with Gasteiger partial charge in [-0.25, -0.2) is 9.59 Å². The molecule has 0 aromatic rings. The zero-order chi connectivity index (χ0) is 26.6. The van der Waals surface area contributed by atoms with Crippen molar-refractivity contribution in [1.29, 1.82) is 0 Å². The van der Waals surface area contributed by atoms with Crippen molar-refractivity contribution >= 4 is 20.0 Å². The van der Waals surface area contributed by atoms with Crippen LogP contribution in [-0.4, -0.2) is 34.2 Å². The second-order valence-electron chi connectivity index (χ2n) is 12.3. The molecular weight excluding hydrogens is 464 g/mol. The summed E-state index contributed by atoms with van der Waals surface area (Å²) in [5.41, 5.74) is 8.57. The number of carbonyl (C=O) groups is 2. The Bertz CT molecular complexity index is 887. The lowest BCUT2D eigenvalue weighted by Crippen LogP contribution is -2.43.